The van der Waals surface area contributed by atoms with E-state index in [4.69, 9.17) is 4.74 Å². The molecule has 1 saturated heterocycles. The summed E-state index contributed by atoms with van der Waals surface area (Å²) in [4.78, 5) is 16.7. The molecule has 0 bridgehead atoms. The highest BCUT2D eigenvalue weighted by Crippen LogP contribution is 2.36. The second kappa shape index (κ2) is 8.73. The molecule has 29 heavy (non-hydrogen) atoms. The van der Waals surface area contributed by atoms with E-state index >= 15 is 0 Å². The number of piperazine rings is 1. The van der Waals surface area contributed by atoms with E-state index in [0.717, 1.165) is 30.8 Å². The number of rotatable bonds is 5. The van der Waals surface area contributed by atoms with Gasteiger partial charge in [0.05, 0.1) is 30.5 Å². The van der Waals surface area contributed by atoms with E-state index in [-0.39, 0.29) is 18.0 Å². The number of ether oxygens (including phenoxy) is 1. The Morgan fingerprint density at radius 3 is 2.31 bits per heavy atom. The molecule has 1 fully saturated rings. The minimum atomic E-state index is -4.48. The van der Waals surface area contributed by atoms with Gasteiger partial charge < -0.3 is 19.9 Å². The number of alkyl halides is 3. The molecule has 1 aliphatic rings. The van der Waals surface area contributed by atoms with Crippen LogP contribution in [0.15, 0.2) is 42.5 Å². The zero-order valence-corrected chi connectivity index (χ0v) is 16.4. The summed E-state index contributed by atoms with van der Waals surface area (Å²) in [5.41, 5.74) is 0.753. The maximum atomic E-state index is 13.2. The number of nitrogens with one attached hydrogen (secondary N) is 1. The van der Waals surface area contributed by atoms with Crippen LogP contribution in [0.5, 0.6) is 5.75 Å². The van der Waals surface area contributed by atoms with Crippen LogP contribution >= 0.6 is 0 Å². The van der Waals surface area contributed by atoms with E-state index < -0.39 is 11.7 Å². The molecule has 1 heterocycles. The van der Waals surface area contributed by atoms with Gasteiger partial charge in [-0.2, -0.15) is 13.2 Å². The first kappa shape index (κ1) is 21.0. The third-order valence-corrected chi connectivity index (χ3v) is 4.97. The van der Waals surface area contributed by atoms with Crippen LogP contribution in [0.2, 0.25) is 0 Å². The van der Waals surface area contributed by atoms with Crippen molar-refractivity contribution in [3.8, 4) is 5.75 Å². The number of hydrogen-bond acceptors (Lipinski definition) is 4. The molecule has 0 atom stereocenters. The van der Waals surface area contributed by atoms with Gasteiger partial charge in [0.1, 0.15) is 5.75 Å². The fraction of sp³-hybridized carbons (Fsp3) is 0.381. The molecule has 0 radical (unpaired) electrons. The Bertz CT molecular complexity index is 845. The van der Waals surface area contributed by atoms with Crippen LogP contribution in [0.25, 0.3) is 0 Å². The summed E-state index contributed by atoms with van der Waals surface area (Å²) in [6.07, 6.45) is -4.42. The van der Waals surface area contributed by atoms with Crippen molar-refractivity contribution in [1.82, 2.24) is 4.90 Å². The van der Waals surface area contributed by atoms with E-state index in [9.17, 15) is 18.0 Å². The van der Waals surface area contributed by atoms with Crippen molar-refractivity contribution < 1.29 is 22.7 Å². The highest BCUT2D eigenvalue weighted by Gasteiger charge is 2.32. The number of carbonyl (C=O) groups is 1. The van der Waals surface area contributed by atoms with Crippen LogP contribution < -0.4 is 15.0 Å². The fourth-order valence-corrected chi connectivity index (χ4v) is 3.26. The van der Waals surface area contributed by atoms with Gasteiger partial charge >= 0.3 is 6.18 Å². The molecule has 0 aromatic heterocycles. The molecule has 8 heteroatoms. The number of nitrogens with zero attached hydrogens (tertiary/aromatic N) is 2. The maximum absolute atomic E-state index is 13.2. The first-order valence-electron chi connectivity index (χ1n) is 9.34. The number of benzene rings is 2. The first-order valence-corrected chi connectivity index (χ1v) is 9.34. The average Bonchev–Trinajstić information content (AvgIpc) is 2.68. The van der Waals surface area contributed by atoms with Crippen molar-refractivity contribution in [1.29, 1.82) is 0 Å². The number of carbonyl (C=O) groups excluding carboxylic acids is 1. The minimum absolute atomic E-state index is 0.0580. The lowest BCUT2D eigenvalue weighted by Gasteiger charge is -2.35. The SMILES string of the molecule is COc1ccc(CC(=O)Nc2cc(C(F)(F)F)ccc2N2CCN(C)CC2)cc1. The summed E-state index contributed by atoms with van der Waals surface area (Å²) in [5.74, 6) is 0.300. The van der Waals surface area contributed by atoms with Crippen molar-refractivity contribution in [2.45, 2.75) is 12.6 Å². The van der Waals surface area contributed by atoms with Crippen molar-refractivity contribution in [3.63, 3.8) is 0 Å². The topological polar surface area (TPSA) is 44.8 Å². The summed E-state index contributed by atoms with van der Waals surface area (Å²) >= 11 is 0. The van der Waals surface area contributed by atoms with Gasteiger partial charge in [0, 0.05) is 26.2 Å². The van der Waals surface area contributed by atoms with E-state index in [2.05, 4.69) is 10.2 Å². The lowest BCUT2D eigenvalue weighted by molar-refractivity contribution is -0.137. The Balaban J connectivity index is 1.81. The van der Waals surface area contributed by atoms with Gasteiger partial charge in [0.2, 0.25) is 5.91 Å². The number of methoxy groups -OCH3 is 1. The van der Waals surface area contributed by atoms with Gasteiger partial charge in [-0.25, -0.2) is 0 Å². The molecule has 0 unspecified atom stereocenters. The number of anilines is 2. The standard InChI is InChI=1S/C21H24F3N3O2/c1-26-9-11-27(12-10-26)19-8-5-16(21(22,23)24)14-18(19)25-20(28)13-15-3-6-17(29-2)7-4-15/h3-8,14H,9-13H2,1-2H3,(H,25,28). The van der Waals surface area contributed by atoms with Gasteiger partial charge in [0.25, 0.3) is 0 Å². The molecule has 0 spiro atoms. The summed E-state index contributed by atoms with van der Waals surface area (Å²) in [5, 5.41) is 2.68. The third kappa shape index (κ3) is 5.41. The molecule has 0 aliphatic carbocycles. The van der Waals surface area contributed by atoms with Crippen LogP contribution in [0.1, 0.15) is 11.1 Å². The maximum Gasteiger partial charge on any atom is 0.416 e. The molecular formula is C21H24F3N3O2. The Hall–Kier alpha value is -2.74. The van der Waals surface area contributed by atoms with Crippen LogP contribution in [-0.2, 0) is 17.4 Å². The molecule has 5 nitrogen and oxygen atoms in total. The van der Waals surface area contributed by atoms with Gasteiger partial charge in [-0.15, -0.1) is 0 Å². The lowest BCUT2D eigenvalue weighted by Crippen LogP contribution is -2.44. The van der Waals surface area contributed by atoms with Gasteiger partial charge in [-0.1, -0.05) is 12.1 Å². The smallest absolute Gasteiger partial charge is 0.416 e. The molecule has 1 amide bonds. The van der Waals surface area contributed by atoms with Crippen LogP contribution in [0, 0.1) is 0 Å². The molecule has 3 rings (SSSR count). The zero-order chi connectivity index (χ0) is 21.0. The van der Waals surface area contributed by atoms with Gasteiger partial charge in [-0.3, -0.25) is 4.79 Å². The minimum Gasteiger partial charge on any atom is -0.497 e. The lowest BCUT2D eigenvalue weighted by atomic mass is 10.1. The van der Waals surface area contributed by atoms with E-state index in [1.54, 1.807) is 31.4 Å². The van der Waals surface area contributed by atoms with Crippen LogP contribution in [0.4, 0.5) is 24.5 Å². The molecule has 156 valence electrons. The van der Waals surface area contributed by atoms with Crippen molar-refractivity contribution in [2.24, 2.45) is 0 Å². The number of hydrogen-bond donors (Lipinski definition) is 1. The molecule has 1 aliphatic heterocycles. The van der Waals surface area contributed by atoms with Gasteiger partial charge in [-0.05, 0) is 42.9 Å². The van der Waals surface area contributed by atoms with E-state index in [1.165, 1.54) is 6.07 Å². The monoisotopic (exact) mass is 407 g/mol. The normalized spacial score (nSPS) is 15.3. The highest BCUT2D eigenvalue weighted by molar-refractivity contribution is 5.95. The third-order valence-electron chi connectivity index (χ3n) is 4.97. The zero-order valence-electron chi connectivity index (χ0n) is 16.4. The largest absolute Gasteiger partial charge is 0.497 e. The Morgan fingerprint density at radius 1 is 1.07 bits per heavy atom. The van der Waals surface area contributed by atoms with Crippen molar-refractivity contribution in [3.05, 3.63) is 53.6 Å². The Labute approximate surface area is 168 Å². The Kier molecular flexibility index (Phi) is 6.32. The van der Waals surface area contributed by atoms with Crippen LogP contribution in [0.3, 0.4) is 0 Å². The second-order valence-electron chi connectivity index (χ2n) is 7.09. The van der Waals surface area contributed by atoms with E-state index in [0.29, 0.717) is 24.5 Å². The average molecular weight is 407 g/mol. The van der Waals surface area contributed by atoms with Gasteiger partial charge in [0.15, 0.2) is 0 Å². The number of likely N-dealkylation sites (N-methyl/N-ethyl adjacent to an activating group) is 1. The first-order chi connectivity index (χ1) is 13.8. The van der Waals surface area contributed by atoms with Crippen molar-refractivity contribution >= 4 is 17.3 Å². The number of halogens is 3. The number of amides is 1. The predicted molar refractivity (Wildman–Crippen MR) is 106 cm³/mol. The second-order valence-corrected chi connectivity index (χ2v) is 7.09. The quantitative estimate of drug-likeness (QED) is 0.822. The molecular weight excluding hydrogens is 383 g/mol. The summed E-state index contributed by atoms with van der Waals surface area (Å²) in [7, 11) is 3.55. The van der Waals surface area contributed by atoms with Crippen molar-refractivity contribution in [2.75, 3.05) is 50.6 Å². The molecule has 1 N–H and O–H groups in total. The summed E-state index contributed by atoms with van der Waals surface area (Å²) in [6.45, 7) is 2.98. The summed E-state index contributed by atoms with van der Waals surface area (Å²) in [6, 6.07) is 10.5. The fourth-order valence-electron chi connectivity index (χ4n) is 3.26. The summed E-state index contributed by atoms with van der Waals surface area (Å²) < 4.78 is 44.7. The highest BCUT2D eigenvalue weighted by atomic mass is 19.4. The Morgan fingerprint density at radius 2 is 1.72 bits per heavy atom. The van der Waals surface area contributed by atoms with Crippen LogP contribution in [-0.4, -0.2) is 51.1 Å². The predicted octanol–water partition coefficient (Wildman–Crippen LogP) is 3.65. The molecule has 0 saturated carbocycles. The van der Waals surface area contributed by atoms with E-state index in [1.807, 2.05) is 11.9 Å². The molecule has 2 aromatic carbocycles. The molecule has 2 aromatic rings.